The molecule has 0 unspecified atom stereocenters. The van der Waals surface area contributed by atoms with Gasteiger partial charge in [-0.3, -0.25) is 19.0 Å². The second-order valence-corrected chi connectivity index (χ2v) is 10.2. The van der Waals surface area contributed by atoms with Crippen molar-refractivity contribution in [3.8, 4) is 0 Å². The summed E-state index contributed by atoms with van der Waals surface area (Å²) in [5, 5.41) is 4.21. The van der Waals surface area contributed by atoms with E-state index in [4.69, 9.17) is 9.47 Å². The zero-order chi connectivity index (χ0) is 27.9. The van der Waals surface area contributed by atoms with E-state index >= 15 is 0 Å². The van der Waals surface area contributed by atoms with Gasteiger partial charge in [-0.2, -0.15) is 0 Å². The number of fused-ring (bicyclic) bond motifs is 3. The quantitative estimate of drug-likeness (QED) is 0.161. The van der Waals surface area contributed by atoms with Crippen LogP contribution in [0.25, 0.3) is 21.0 Å². The van der Waals surface area contributed by atoms with Gasteiger partial charge in [0.15, 0.2) is 5.78 Å². The molecule has 0 aliphatic heterocycles. The Balaban J connectivity index is 1.59. The topological polar surface area (TPSA) is 86.6 Å². The predicted molar refractivity (Wildman–Crippen MR) is 158 cm³/mol. The lowest BCUT2D eigenvalue weighted by molar-refractivity contribution is 0.0454. The second kappa shape index (κ2) is 12.8. The zero-order valence-electron chi connectivity index (χ0n) is 22.2. The summed E-state index contributed by atoms with van der Waals surface area (Å²) in [6.07, 6.45) is 0. The van der Waals surface area contributed by atoms with Gasteiger partial charge in [0, 0.05) is 29.7 Å². The van der Waals surface area contributed by atoms with Crippen molar-refractivity contribution in [1.82, 2.24) is 9.88 Å². The minimum Gasteiger partial charge on any atom is -0.379 e. The van der Waals surface area contributed by atoms with E-state index < -0.39 is 0 Å². The lowest BCUT2D eigenvalue weighted by atomic mass is 10.1. The minimum absolute atomic E-state index is 0.0708. The van der Waals surface area contributed by atoms with Crippen molar-refractivity contribution < 1.29 is 19.1 Å². The number of amides is 1. The van der Waals surface area contributed by atoms with Gasteiger partial charge in [0.1, 0.15) is 0 Å². The van der Waals surface area contributed by atoms with Gasteiger partial charge in [0.05, 0.1) is 46.8 Å². The van der Waals surface area contributed by atoms with Crippen molar-refractivity contribution >= 4 is 44.0 Å². The third-order valence-electron chi connectivity index (χ3n) is 6.63. The molecule has 2 aromatic heterocycles. The van der Waals surface area contributed by atoms with E-state index in [2.05, 4.69) is 5.32 Å². The summed E-state index contributed by atoms with van der Waals surface area (Å²) in [5.41, 5.74) is 2.35. The number of nitrogens with one attached hydrogen (secondary N) is 1. The molecule has 0 saturated heterocycles. The Kier molecular flexibility index (Phi) is 8.81. The summed E-state index contributed by atoms with van der Waals surface area (Å²) in [7, 11) is 0. The van der Waals surface area contributed by atoms with E-state index in [1.165, 1.54) is 15.9 Å². The van der Waals surface area contributed by atoms with Crippen LogP contribution in [0.3, 0.4) is 0 Å². The predicted octanol–water partition coefficient (Wildman–Crippen LogP) is 5.58. The Morgan fingerprint density at radius 2 is 1.55 bits per heavy atom. The first-order valence-corrected chi connectivity index (χ1v) is 14.0. The Labute approximate surface area is 236 Å². The number of ketones is 1. The van der Waals surface area contributed by atoms with Crippen molar-refractivity contribution in [2.75, 3.05) is 19.8 Å². The number of para-hydroxylation sites is 1. The van der Waals surface area contributed by atoms with E-state index in [1.807, 2.05) is 67.6 Å². The summed E-state index contributed by atoms with van der Waals surface area (Å²) in [4.78, 5) is 41.2. The molecule has 5 rings (SSSR count). The number of carbonyl (C=O) groups excluding carboxylic acids is 2. The number of benzene rings is 3. The highest BCUT2D eigenvalue weighted by molar-refractivity contribution is 7.22. The number of rotatable bonds is 12. The number of hydrogen-bond donors (Lipinski definition) is 1. The smallest absolute Gasteiger partial charge is 0.262 e. The van der Waals surface area contributed by atoms with Gasteiger partial charge in [0.25, 0.3) is 11.5 Å². The number of ether oxygens (including phenoxy) is 2. The molecule has 0 atom stereocenters. The molecule has 0 spiro atoms. The molecule has 0 bridgehead atoms. The molecular weight excluding hydrogens is 524 g/mol. The van der Waals surface area contributed by atoms with Crippen LogP contribution in [-0.2, 0) is 29.2 Å². The lowest BCUT2D eigenvalue weighted by Crippen LogP contribution is -2.26. The normalized spacial score (nSPS) is 11.2. The van der Waals surface area contributed by atoms with Crippen molar-refractivity contribution in [1.29, 1.82) is 0 Å². The van der Waals surface area contributed by atoms with Crippen LogP contribution in [0.4, 0.5) is 0 Å². The van der Waals surface area contributed by atoms with Crippen LogP contribution >= 0.6 is 11.3 Å². The number of nitrogens with zero attached hydrogens (tertiary/aromatic N) is 1. The summed E-state index contributed by atoms with van der Waals surface area (Å²) in [6.45, 7) is 3.53. The maximum Gasteiger partial charge on any atom is 0.262 e. The molecule has 7 nitrogen and oxygen atoms in total. The monoisotopic (exact) mass is 554 g/mol. The molecule has 0 saturated carbocycles. The van der Waals surface area contributed by atoms with Gasteiger partial charge >= 0.3 is 0 Å². The van der Waals surface area contributed by atoms with Gasteiger partial charge in [0.2, 0.25) is 0 Å². The van der Waals surface area contributed by atoms with Crippen LogP contribution in [-0.4, -0.2) is 36.1 Å². The molecule has 3 aromatic carbocycles. The first kappa shape index (κ1) is 27.5. The maximum absolute atomic E-state index is 14.1. The molecule has 204 valence electrons. The van der Waals surface area contributed by atoms with Crippen LogP contribution in [0.1, 0.15) is 38.1 Å². The first-order valence-electron chi connectivity index (χ1n) is 13.2. The van der Waals surface area contributed by atoms with E-state index in [0.29, 0.717) is 58.0 Å². The van der Waals surface area contributed by atoms with Crippen molar-refractivity contribution in [3.63, 3.8) is 0 Å². The van der Waals surface area contributed by atoms with Gasteiger partial charge in [-0.05, 0) is 18.6 Å². The largest absolute Gasteiger partial charge is 0.379 e. The molecule has 1 amide bonds. The van der Waals surface area contributed by atoms with Gasteiger partial charge < -0.3 is 14.8 Å². The second-order valence-electron chi connectivity index (χ2n) is 9.23. The van der Waals surface area contributed by atoms with Crippen LogP contribution in [0.15, 0.2) is 89.7 Å². The number of aromatic nitrogens is 1. The van der Waals surface area contributed by atoms with Gasteiger partial charge in [-0.25, -0.2) is 0 Å². The number of hydrogen-bond acceptors (Lipinski definition) is 6. The van der Waals surface area contributed by atoms with Crippen LogP contribution in [0.2, 0.25) is 0 Å². The van der Waals surface area contributed by atoms with Gasteiger partial charge in [-0.1, -0.05) is 78.9 Å². The molecule has 0 aliphatic carbocycles. The average Bonchev–Trinajstić information content (AvgIpc) is 3.39. The number of carbonyl (C=O) groups is 2. The van der Waals surface area contributed by atoms with Crippen molar-refractivity contribution in [2.45, 2.75) is 26.6 Å². The Hall–Kier alpha value is -4.11. The number of Topliss-reactive ketones (excluding diaryl/α,β-unsaturated/α-hetero) is 1. The highest BCUT2D eigenvalue weighted by Crippen LogP contribution is 2.35. The Bertz CT molecular complexity index is 1690. The standard InChI is InChI=1S/C32H30N2O5S/c1-2-38-17-18-39-21-25-28-29(40-30(25)31(36)33-19-22-11-5-3-6-12-22)24-15-9-10-16-26(24)34(32(28)37)20-27(35)23-13-7-4-8-14-23/h3-16H,2,17-21H2,1H3,(H,33,36). The molecule has 0 radical (unpaired) electrons. The average molecular weight is 555 g/mol. The van der Waals surface area contributed by atoms with Crippen LogP contribution in [0, 0.1) is 0 Å². The Morgan fingerprint density at radius 3 is 2.30 bits per heavy atom. The number of thiophene rings is 1. The third-order valence-corrected chi connectivity index (χ3v) is 7.89. The van der Waals surface area contributed by atoms with Crippen molar-refractivity contribution in [2.24, 2.45) is 0 Å². The van der Waals surface area contributed by atoms with Gasteiger partial charge in [-0.15, -0.1) is 11.3 Å². The Morgan fingerprint density at radius 1 is 0.875 bits per heavy atom. The minimum atomic E-state index is -0.320. The summed E-state index contributed by atoms with van der Waals surface area (Å²) in [5.74, 6) is -0.443. The molecule has 5 aromatic rings. The number of pyridine rings is 1. The highest BCUT2D eigenvalue weighted by Gasteiger charge is 2.25. The first-order chi connectivity index (χ1) is 19.6. The van der Waals surface area contributed by atoms with E-state index in [9.17, 15) is 14.4 Å². The fourth-order valence-electron chi connectivity index (χ4n) is 4.66. The molecule has 2 heterocycles. The highest BCUT2D eigenvalue weighted by atomic mass is 32.1. The summed E-state index contributed by atoms with van der Waals surface area (Å²) in [6, 6.07) is 26.1. The van der Waals surface area contributed by atoms with Crippen LogP contribution < -0.4 is 10.9 Å². The van der Waals surface area contributed by atoms with E-state index in [1.54, 1.807) is 24.3 Å². The fraction of sp³-hybridized carbons (Fsp3) is 0.219. The lowest BCUT2D eigenvalue weighted by Gasteiger charge is -2.12. The maximum atomic E-state index is 14.1. The van der Waals surface area contributed by atoms with Crippen LogP contribution in [0.5, 0.6) is 0 Å². The molecular formula is C32H30N2O5S. The molecule has 0 aliphatic rings. The molecule has 1 N–H and O–H groups in total. The zero-order valence-corrected chi connectivity index (χ0v) is 23.0. The fourth-order valence-corrected chi connectivity index (χ4v) is 5.91. The SMILES string of the molecule is CCOCCOCc1c(C(=O)NCc2ccccc2)sc2c1c(=O)n(CC(=O)c1ccccc1)c1ccccc21. The van der Waals surface area contributed by atoms with E-state index in [0.717, 1.165) is 10.9 Å². The molecule has 8 heteroatoms. The summed E-state index contributed by atoms with van der Waals surface area (Å²) < 4.78 is 13.5. The summed E-state index contributed by atoms with van der Waals surface area (Å²) >= 11 is 1.28. The molecule has 40 heavy (non-hydrogen) atoms. The third kappa shape index (κ3) is 5.89. The van der Waals surface area contributed by atoms with E-state index in [-0.39, 0.29) is 30.4 Å². The molecule has 0 fully saturated rings. The van der Waals surface area contributed by atoms with Crippen molar-refractivity contribution in [3.05, 3.63) is 117 Å².